The van der Waals surface area contributed by atoms with Crippen molar-refractivity contribution >= 4 is 17.5 Å². The smallest absolute Gasteiger partial charge is 0.243 e. The van der Waals surface area contributed by atoms with Crippen LogP contribution in [0.15, 0.2) is 30.3 Å². The fourth-order valence-electron chi connectivity index (χ4n) is 2.40. The fraction of sp³-hybridized carbons (Fsp3) is 0.467. The minimum absolute atomic E-state index is 0.0470. The van der Waals surface area contributed by atoms with Crippen molar-refractivity contribution in [1.82, 2.24) is 10.2 Å². The minimum atomic E-state index is -0.166. The lowest BCUT2D eigenvalue weighted by atomic mass is 9.97. The summed E-state index contributed by atoms with van der Waals surface area (Å²) in [6.07, 6.45) is 1.70. The number of hydrogen-bond acceptors (Lipinski definition) is 3. The Morgan fingerprint density at radius 2 is 1.90 bits per heavy atom. The standard InChI is InChI=1S/C15H21N3O2/c1-18(15(20)12-7-9-16-10-8-12)11-14(19)17-13-5-3-2-4-6-13/h2-6,12,16H,7-11H2,1H3,(H,17,19). The zero-order valence-electron chi connectivity index (χ0n) is 11.8. The predicted molar refractivity (Wildman–Crippen MR) is 78.3 cm³/mol. The highest BCUT2D eigenvalue weighted by Crippen LogP contribution is 2.14. The molecule has 1 aliphatic heterocycles. The second kappa shape index (κ2) is 7.05. The van der Waals surface area contributed by atoms with Crippen molar-refractivity contribution in [3.8, 4) is 0 Å². The van der Waals surface area contributed by atoms with Gasteiger partial charge in [-0.25, -0.2) is 0 Å². The third kappa shape index (κ3) is 4.06. The Balaban J connectivity index is 1.82. The number of piperidine rings is 1. The normalized spacial score (nSPS) is 15.7. The summed E-state index contributed by atoms with van der Waals surface area (Å²) < 4.78 is 0. The van der Waals surface area contributed by atoms with Crippen molar-refractivity contribution in [2.45, 2.75) is 12.8 Å². The van der Waals surface area contributed by atoms with Crippen LogP contribution in [0.25, 0.3) is 0 Å². The molecule has 1 heterocycles. The number of benzene rings is 1. The maximum atomic E-state index is 12.2. The minimum Gasteiger partial charge on any atom is -0.336 e. The number of amides is 2. The molecule has 0 bridgehead atoms. The van der Waals surface area contributed by atoms with E-state index in [1.165, 1.54) is 4.90 Å². The number of nitrogens with zero attached hydrogens (tertiary/aromatic N) is 1. The molecule has 5 heteroatoms. The van der Waals surface area contributed by atoms with Crippen LogP contribution in [-0.4, -0.2) is 43.4 Å². The first-order valence-electron chi connectivity index (χ1n) is 6.97. The zero-order valence-corrected chi connectivity index (χ0v) is 11.8. The topological polar surface area (TPSA) is 61.4 Å². The molecule has 0 saturated carbocycles. The zero-order chi connectivity index (χ0) is 14.4. The molecule has 1 fully saturated rings. The van der Waals surface area contributed by atoms with Crippen LogP contribution in [0.5, 0.6) is 0 Å². The van der Waals surface area contributed by atoms with Gasteiger partial charge >= 0.3 is 0 Å². The first-order chi connectivity index (χ1) is 9.66. The van der Waals surface area contributed by atoms with Gasteiger partial charge in [0.15, 0.2) is 0 Å². The van der Waals surface area contributed by atoms with Gasteiger partial charge in [0.2, 0.25) is 11.8 Å². The molecule has 5 nitrogen and oxygen atoms in total. The van der Waals surface area contributed by atoms with Gasteiger partial charge in [-0.3, -0.25) is 9.59 Å². The van der Waals surface area contributed by atoms with E-state index in [0.717, 1.165) is 31.6 Å². The molecule has 1 saturated heterocycles. The van der Waals surface area contributed by atoms with E-state index < -0.39 is 0 Å². The van der Waals surface area contributed by atoms with E-state index in [0.29, 0.717) is 0 Å². The van der Waals surface area contributed by atoms with E-state index in [-0.39, 0.29) is 24.3 Å². The van der Waals surface area contributed by atoms with Crippen molar-refractivity contribution < 1.29 is 9.59 Å². The summed E-state index contributed by atoms with van der Waals surface area (Å²) in [6.45, 7) is 1.85. The van der Waals surface area contributed by atoms with Gasteiger partial charge in [0.05, 0.1) is 6.54 Å². The lowest BCUT2D eigenvalue weighted by molar-refractivity contribution is -0.137. The van der Waals surface area contributed by atoms with E-state index >= 15 is 0 Å². The van der Waals surface area contributed by atoms with Crippen LogP contribution in [0, 0.1) is 5.92 Å². The lowest BCUT2D eigenvalue weighted by Gasteiger charge is -2.26. The molecule has 1 aliphatic rings. The van der Waals surface area contributed by atoms with Gasteiger partial charge in [-0.2, -0.15) is 0 Å². The summed E-state index contributed by atoms with van der Waals surface area (Å²) in [6, 6.07) is 9.26. The van der Waals surface area contributed by atoms with E-state index in [2.05, 4.69) is 10.6 Å². The number of anilines is 1. The highest BCUT2D eigenvalue weighted by atomic mass is 16.2. The Kier molecular flexibility index (Phi) is 5.12. The molecule has 1 aromatic rings. The summed E-state index contributed by atoms with van der Waals surface area (Å²) in [5, 5.41) is 6.02. The van der Waals surface area contributed by atoms with Crippen molar-refractivity contribution in [3.05, 3.63) is 30.3 Å². The molecule has 0 aliphatic carbocycles. The first-order valence-corrected chi connectivity index (χ1v) is 6.97. The second-order valence-electron chi connectivity index (χ2n) is 5.13. The molecule has 2 N–H and O–H groups in total. The lowest BCUT2D eigenvalue weighted by Crippen LogP contribution is -2.42. The van der Waals surface area contributed by atoms with Gasteiger partial charge in [0.25, 0.3) is 0 Å². The van der Waals surface area contributed by atoms with Crippen molar-refractivity contribution in [2.24, 2.45) is 5.92 Å². The average molecular weight is 275 g/mol. The summed E-state index contributed by atoms with van der Waals surface area (Å²) in [7, 11) is 1.69. The van der Waals surface area contributed by atoms with Gasteiger partial charge in [0, 0.05) is 18.7 Å². The van der Waals surface area contributed by atoms with Crippen LogP contribution in [0.1, 0.15) is 12.8 Å². The summed E-state index contributed by atoms with van der Waals surface area (Å²) in [5.41, 5.74) is 0.750. The van der Waals surface area contributed by atoms with Gasteiger partial charge in [-0.1, -0.05) is 18.2 Å². The number of para-hydroxylation sites is 1. The molecule has 0 radical (unpaired) electrons. The maximum absolute atomic E-state index is 12.2. The van der Waals surface area contributed by atoms with Gasteiger partial charge in [-0.05, 0) is 38.1 Å². The van der Waals surface area contributed by atoms with Gasteiger partial charge in [0.1, 0.15) is 0 Å². The summed E-state index contributed by atoms with van der Waals surface area (Å²) in [5.74, 6) is -0.0542. The Labute approximate surface area is 119 Å². The number of hydrogen-bond donors (Lipinski definition) is 2. The van der Waals surface area contributed by atoms with Crippen LogP contribution in [0.2, 0.25) is 0 Å². The second-order valence-corrected chi connectivity index (χ2v) is 5.13. The number of likely N-dealkylation sites (N-methyl/N-ethyl adjacent to an activating group) is 1. The van der Waals surface area contributed by atoms with E-state index in [9.17, 15) is 9.59 Å². The van der Waals surface area contributed by atoms with E-state index in [4.69, 9.17) is 0 Å². The molecule has 0 unspecified atom stereocenters. The molecular weight excluding hydrogens is 254 g/mol. The Hall–Kier alpha value is -1.88. The monoisotopic (exact) mass is 275 g/mol. The van der Waals surface area contributed by atoms with Crippen molar-refractivity contribution in [2.75, 3.05) is 32.0 Å². The number of carbonyl (C=O) groups excluding carboxylic acids is 2. The molecule has 0 aromatic heterocycles. The molecule has 108 valence electrons. The van der Waals surface area contributed by atoms with Crippen molar-refractivity contribution in [1.29, 1.82) is 0 Å². The highest BCUT2D eigenvalue weighted by molar-refractivity contribution is 5.94. The summed E-state index contributed by atoms with van der Waals surface area (Å²) >= 11 is 0. The fourth-order valence-corrected chi connectivity index (χ4v) is 2.40. The average Bonchev–Trinajstić information content (AvgIpc) is 2.48. The van der Waals surface area contributed by atoms with E-state index in [1.807, 2.05) is 30.3 Å². The molecule has 2 rings (SSSR count). The molecule has 20 heavy (non-hydrogen) atoms. The number of carbonyl (C=O) groups is 2. The third-order valence-electron chi connectivity index (χ3n) is 3.50. The first kappa shape index (κ1) is 14.5. The summed E-state index contributed by atoms with van der Waals surface area (Å²) in [4.78, 5) is 25.6. The van der Waals surface area contributed by atoms with Gasteiger partial charge < -0.3 is 15.5 Å². The third-order valence-corrected chi connectivity index (χ3v) is 3.50. The molecular formula is C15H21N3O2. The Morgan fingerprint density at radius 1 is 1.25 bits per heavy atom. The molecule has 0 spiro atoms. The molecule has 0 atom stereocenters. The highest BCUT2D eigenvalue weighted by Gasteiger charge is 2.24. The molecule has 1 aromatic carbocycles. The number of rotatable bonds is 4. The largest absolute Gasteiger partial charge is 0.336 e. The Bertz CT molecular complexity index is 455. The van der Waals surface area contributed by atoms with Crippen LogP contribution < -0.4 is 10.6 Å². The van der Waals surface area contributed by atoms with Crippen LogP contribution in [0.4, 0.5) is 5.69 Å². The SMILES string of the molecule is CN(CC(=O)Nc1ccccc1)C(=O)C1CCNCC1. The van der Waals surface area contributed by atoms with Crippen molar-refractivity contribution in [3.63, 3.8) is 0 Å². The molecule has 2 amide bonds. The van der Waals surface area contributed by atoms with E-state index in [1.54, 1.807) is 7.05 Å². The quantitative estimate of drug-likeness (QED) is 0.864. The van der Waals surface area contributed by atoms with Crippen LogP contribution >= 0.6 is 0 Å². The maximum Gasteiger partial charge on any atom is 0.243 e. The van der Waals surface area contributed by atoms with Gasteiger partial charge in [-0.15, -0.1) is 0 Å². The number of nitrogens with one attached hydrogen (secondary N) is 2. The van der Waals surface area contributed by atoms with Crippen LogP contribution in [-0.2, 0) is 9.59 Å². The van der Waals surface area contributed by atoms with Crippen LogP contribution in [0.3, 0.4) is 0 Å². The predicted octanol–water partition coefficient (Wildman–Crippen LogP) is 1.08. The Morgan fingerprint density at radius 3 is 2.55 bits per heavy atom.